The van der Waals surface area contributed by atoms with Gasteiger partial charge in [-0.1, -0.05) is 0 Å². The fourth-order valence-electron chi connectivity index (χ4n) is 0. The Morgan fingerprint density at radius 3 is 0.375 bits per heavy atom. The van der Waals surface area contributed by atoms with Gasteiger partial charge in [0.25, 0.3) is 0 Å². The van der Waals surface area contributed by atoms with Crippen LogP contribution in [0.5, 0.6) is 0 Å². The monoisotopic (exact) mass is 171 g/mol. The highest BCUT2D eigenvalue weighted by atomic mass is 31.0. The molecule has 0 spiro atoms. The van der Waals surface area contributed by atoms with Gasteiger partial charge in [0.15, 0.2) is 0 Å². The molecule has 64 valence electrons. The third-order valence-corrected chi connectivity index (χ3v) is 0. The van der Waals surface area contributed by atoms with Gasteiger partial charge in [0.2, 0.25) is 0 Å². The molecule has 8 heavy (non-hydrogen) atoms. The second kappa shape index (κ2) is 276000. The Morgan fingerprint density at radius 2 is 0.375 bits per heavy atom. The molecule has 0 aromatic carbocycles. The van der Waals surface area contributed by atoms with Crippen molar-refractivity contribution in [3.8, 4) is 0 Å². The molecule has 0 heterocycles. The SMILES string of the molecule is F.F.F.F.F.F.N.P. The first-order valence-electron chi connectivity index (χ1n) is 0. The first kappa shape index (κ1) is 430000. The van der Waals surface area contributed by atoms with E-state index in [2.05, 4.69) is 0 Å². The van der Waals surface area contributed by atoms with Gasteiger partial charge in [0.05, 0.1) is 0 Å². The average molecular weight is 171 g/mol. The Morgan fingerprint density at radius 1 is 0.375 bits per heavy atom. The van der Waals surface area contributed by atoms with Gasteiger partial charge in [0, 0.05) is 0 Å². The second-order valence-corrected chi connectivity index (χ2v) is 0. The largest absolute Gasteiger partial charge is 0.344 e. The molecular formula is H12F6NP. The molecule has 1 nitrogen and oxygen atoms in total. The molecule has 0 fully saturated rings. The van der Waals surface area contributed by atoms with E-state index >= 15 is 0 Å². The van der Waals surface area contributed by atoms with Crippen LogP contribution in [0.4, 0.5) is 28.2 Å². The Hall–Kier alpha value is -0.0300. The normalized spacial score (nSPS) is 0. The molecule has 0 aliphatic heterocycles. The van der Waals surface area contributed by atoms with Crippen LogP contribution in [-0.4, -0.2) is 0 Å². The highest BCUT2D eigenvalue weighted by Gasteiger charge is -0.153. The smallest absolute Gasteiger partial charge is 0.153 e. The summed E-state index contributed by atoms with van der Waals surface area (Å²) < 4.78 is 0. The molecule has 0 aromatic heterocycles. The maximum atomic E-state index is 0. The molecule has 0 aromatic rings. The van der Waals surface area contributed by atoms with E-state index in [9.17, 15) is 0 Å². The van der Waals surface area contributed by atoms with Crippen molar-refractivity contribution in [1.82, 2.24) is 6.15 Å². The van der Waals surface area contributed by atoms with Crippen LogP contribution in [-0.2, 0) is 0 Å². The van der Waals surface area contributed by atoms with E-state index in [1.807, 2.05) is 0 Å². The van der Waals surface area contributed by atoms with E-state index in [0.717, 1.165) is 0 Å². The Kier molecular flexibility index (Phi) is 14800000000. The number of halogens is 6. The molecule has 0 aliphatic carbocycles. The van der Waals surface area contributed by atoms with Crippen molar-refractivity contribution in [2.45, 2.75) is 0 Å². The third kappa shape index (κ3) is 164000. The first-order valence-corrected chi connectivity index (χ1v) is 0. The molecule has 0 bridgehead atoms. The number of rotatable bonds is 0. The lowest BCUT2D eigenvalue weighted by Crippen LogP contribution is -0.481. The van der Waals surface area contributed by atoms with E-state index in [4.69, 9.17) is 0 Å². The molecule has 8 heteroatoms. The number of hydrogen-bond donors (Lipinski definition) is 1. The van der Waals surface area contributed by atoms with Crippen LogP contribution >= 0.6 is 9.90 Å². The predicted molar refractivity (Wildman–Crippen MR) is 31.1 cm³/mol. The summed E-state index contributed by atoms with van der Waals surface area (Å²) in [4.78, 5) is 0. The highest BCUT2D eigenvalue weighted by molar-refractivity contribution is 6.92. The van der Waals surface area contributed by atoms with E-state index < -0.39 is 0 Å². The third-order valence-electron chi connectivity index (χ3n) is 0. The summed E-state index contributed by atoms with van der Waals surface area (Å²) in [6.07, 6.45) is 0. The van der Waals surface area contributed by atoms with E-state index in [-0.39, 0.29) is 44.3 Å². The molecule has 0 saturated heterocycles. The molecule has 1 atom stereocenters. The van der Waals surface area contributed by atoms with Crippen molar-refractivity contribution in [3.63, 3.8) is 0 Å². The van der Waals surface area contributed by atoms with Gasteiger partial charge in [0.1, 0.15) is 0 Å². The van der Waals surface area contributed by atoms with Crippen molar-refractivity contribution in [2.24, 2.45) is 0 Å². The summed E-state index contributed by atoms with van der Waals surface area (Å²) in [5.41, 5.74) is 0. The van der Waals surface area contributed by atoms with Crippen LogP contribution in [0.25, 0.3) is 0 Å². The molecule has 0 aliphatic rings. The minimum absolute atomic E-state index is 0. The zero-order valence-electron chi connectivity index (χ0n) is 3.86. The lowest BCUT2D eigenvalue weighted by molar-refractivity contribution is 1.11. The summed E-state index contributed by atoms with van der Waals surface area (Å²) >= 11 is 0. The van der Waals surface area contributed by atoms with Crippen molar-refractivity contribution in [2.75, 3.05) is 0 Å². The van der Waals surface area contributed by atoms with Gasteiger partial charge in [-0.2, -0.15) is 9.90 Å². The van der Waals surface area contributed by atoms with Crippen molar-refractivity contribution >= 4 is 9.90 Å². The molecule has 0 amide bonds. The lowest BCUT2D eigenvalue weighted by Gasteiger charge is -0.344. The second-order valence-electron chi connectivity index (χ2n) is 0. The highest BCUT2D eigenvalue weighted by Crippen LogP contribution is 0.861. The average Bonchev–Trinajstić information content (AvgIpc) is 0. The standard InChI is InChI=1S/6FH.H3N.H3P/h6*1H;2*1H3. The van der Waals surface area contributed by atoms with E-state index in [0.29, 0.717) is 0 Å². The quantitative estimate of drug-likeness (QED) is 0.430. The fraction of sp³-hybridized carbons (Fsp3) is 0. The topological polar surface area (TPSA) is 35.0 Å². The predicted octanol–water partition coefficient (Wildman–Crippen LogP) is 1.14. The summed E-state index contributed by atoms with van der Waals surface area (Å²) in [5, 5.41) is 0. The van der Waals surface area contributed by atoms with Crippen LogP contribution < -0.4 is 6.15 Å². The van der Waals surface area contributed by atoms with Crippen LogP contribution in [0, 0.1) is 0 Å². The van der Waals surface area contributed by atoms with Gasteiger partial charge >= 0.3 is 0 Å². The van der Waals surface area contributed by atoms with Gasteiger partial charge in [-0.05, 0) is 0 Å². The molecule has 1 unspecified atom stereocenters. The van der Waals surface area contributed by atoms with E-state index in [1.165, 1.54) is 0 Å². The molecule has 0 radical (unpaired) electrons. The molecule has 0 saturated carbocycles. The zero-order chi connectivity index (χ0) is 0. The Labute approximate surface area is 45.6 Å². The first-order chi connectivity index (χ1) is 0. The van der Waals surface area contributed by atoms with Crippen LogP contribution in [0.15, 0.2) is 0 Å². The molecular weight excluding hydrogens is 159 g/mol. The van der Waals surface area contributed by atoms with Gasteiger partial charge < -0.3 is 6.15 Å². The van der Waals surface area contributed by atoms with Crippen molar-refractivity contribution in [3.05, 3.63) is 0 Å². The van der Waals surface area contributed by atoms with Gasteiger partial charge in [-0.3, -0.25) is 28.2 Å². The van der Waals surface area contributed by atoms with Gasteiger partial charge in [-0.25, -0.2) is 0 Å². The van der Waals surface area contributed by atoms with Crippen molar-refractivity contribution < 1.29 is 28.2 Å². The number of hydrogen-bond acceptors (Lipinski definition) is 1. The van der Waals surface area contributed by atoms with Crippen LogP contribution in [0.1, 0.15) is 0 Å². The summed E-state index contributed by atoms with van der Waals surface area (Å²) in [5.74, 6) is 0. The minimum Gasteiger partial charge on any atom is -0.344 e. The molecule has 3 N–H and O–H groups in total. The van der Waals surface area contributed by atoms with Crippen LogP contribution in [0.2, 0.25) is 0 Å². The Bertz CT molecular complexity index is 8.49. The fourth-order valence-corrected chi connectivity index (χ4v) is 0. The molecule has 0 rings (SSSR count). The maximum Gasteiger partial charge on any atom is -0.153 e. The lowest BCUT2D eigenvalue weighted by atomic mass is 14.0. The Balaban J connectivity index is 0. The van der Waals surface area contributed by atoms with Crippen LogP contribution in [0.3, 0.4) is 0 Å². The summed E-state index contributed by atoms with van der Waals surface area (Å²) in [7, 11) is 0. The van der Waals surface area contributed by atoms with E-state index in [1.54, 1.807) is 0 Å². The summed E-state index contributed by atoms with van der Waals surface area (Å²) in [6, 6.07) is 0. The maximum absolute atomic E-state index is 0. The zero-order valence-corrected chi connectivity index (χ0v) is 5.28. The van der Waals surface area contributed by atoms with Gasteiger partial charge in [-0.15, -0.1) is 0 Å². The summed E-state index contributed by atoms with van der Waals surface area (Å²) in [6.45, 7) is 0. The van der Waals surface area contributed by atoms with Crippen molar-refractivity contribution in [1.29, 1.82) is 0 Å². The minimum atomic E-state index is 0.